The molecule has 1 amide bonds. The molecule has 0 aliphatic carbocycles. The number of rotatable bonds is 1. The number of aromatic nitrogens is 1. The lowest BCUT2D eigenvalue weighted by atomic mass is 10.1. The molecule has 1 aliphatic heterocycles. The van der Waals surface area contributed by atoms with E-state index in [1.54, 1.807) is 6.20 Å². The van der Waals surface area contributed by atoms with Crippen LogP contribution in [0.2, 0.25) is 0 Å². The Morgan fingerprint density at radius 3 is 3.06 bits per heavy atom. The van der Waals surface area contributed by atoms with E-state index in [9.17, 15) is 4.79 Å². The Bertz CT molecular complexity index is 594. The minimum Gasteiger partial charge on any atom is -0.336 e. The Balaban J connectivity index is 1.96. The lowest BCUT2D eigenvalue weighted by Gasteiger charge is -2.21. The Morgan fingerprint density at radius 2 is 2.28 bits per heavy atom. The monoisotopic (exact) mass is 240 g/mol. The second-order valence-corrected chi connectivity index (χ2v) is 4.90. The summed E-state index contributed by atoms with van der Waals surface area (Å²) in [6, 6.07) is 10.0. The first-order valence-corrected chi connectivity index (χ1v) is 6.41. The summed E-state index contributed by atoms with van der Waals surface area (Å²) in [5, 5.41) is 1.07. The fourth-order valence-electron chi connectivity index (χ4n) is 2.60. The van der Waals surface area contributed by atoms with E-state index in [2.05, 4.69) is 11.9 Å². The van der Waals surface area contributed by atoms with Gasteiger partial charge in [0.1, 0.15) is 0 Å². The first-order chi connectivity index (χ1) is 8.75. The van der Waals surface area contributed by atoms with Crippen LogP contribution in [0.25, 0.3) is 10.9 Å². The van der Waals surface area contributed by atoms with Crippen molar-refractivity contribution in [3.63, 3.8) is 0 Å². The zero-order valence-electron chi connectivity index (χ0n) is 10.5. The average Bonchev–Trinajstić information content (AvgIpc) is 2.83. The van der Waals surface area contributed by atoms with Crippen molar-refractivity contribution in [3.8, 4) is 0 Å². The summed E-state index contributed by atoms with van der Waals surface area (Å²) in [6.45, 7) is 2.99. The number of pyridine rings is 1. The highest BCUT2D eigenvalue weighted by Gasteiger charge is 2.25. The fourth-order valence-corrected chi connectivity index (χ4v) is 2.60. The van der Waals surface area contributed by atoms with E-state index in [4.69, 9.17) is 0 Å². The number of carbonyl (C=O) groups is 1. The maximum atomic E-state index is 12.4. The molecule has 18 heavy (non-hydrogen) atoms. The van der Waals surface area contributed by atoms with Crippen LogP contribution < -0.4 is 0 Å². The summed E-state index contributed by atoms with van der Waals surface area (Å²) in [4.78, 5) is 18.7. The van der Waals surface area contributed by atoms with Crippen LogP contribution in [0.5, 0.6) is 0 Å². The van der Waals surface area contributed by atoms with Crippen molar-refractivity contribution >= 4 is 16.8 Å². The quantitative estimate of drug-likeness (QED) is 0.768. The summed E-state index contributed by atoms with van der Waals surface area (Å²) in [5.74, 6) is 0.132. The molecular formula is C15H16N2O. The average molecular weight is 240 g/mol. The standard InChI is InChI=1S/C15H16N2O/c1-11-4-3-9-17(11)15(18)13-7-6-12-5-2-8-16-14(12)10-13/h2,5-8,10-11H,3-4,9H2,1H3. The number of carbonyl (C=O) groups excluding carboxylic acids is 1. The van der Waals surface area contributed by atoms with Gasteiger partial charge in [0.15, 0.2) is 0 Å². The Kier molecular flexibility index (Phi) is 2.74. The van der Waals surface area contributed by atoms with Crippen molar-refractivity contribution in [2.45, 2.75) is 25.8 Å². The van der Waals surface area contributed by atoms with Gasteiger partial charge in [-0.1, -0.05) is 12.1 Å². The largest absolute Gasteiger partial charge is 0.336 e. The van der Waals surface area contributed by atoms with E-state index in [1.807, 2.05) is 35.2 Å². The van der Waals surface area contributed by atoms with Crippen LogP contribution in [-0.2, 0) is 0 Å². The molecule has 3 heteroatoms. The zero-order valence-corrected chi connectivity index (χ0v) is 10.5. The number of amides is 1. The van der Waals surface area contributed by atoms with Crippen LogP contribution in [0.15, 0.2) is 36.5 Å². The topological polar surface area (TPSA) is 33.2 Å². The summed E-state index contributed by atoms with van der Waals surface area (Å²) < 4.78 is 0. The molecule has 2 aromatic rings. The Labute approximate surface area is 106 Å². The van der Waals surface area contributed by atoms with Gasteiger partial charge in [-0.2, -0.15) is 0 Å². The molecule has 1 unspecified atom stereocenters. The van der Waals surface area contributed by atoms with Crippen LogP contribution in [0.1, 0.15) is 30.1 Å². The van der Waals surface area contributed by atoms with Crippen molar-refractivity contribution in [3.05, 3.63) is 42.1 Å². The number of benzene rings is 1. The Morgan fingerprint density at radius 1 is 1.39 bits per heavy atom. The van der Waals surface area contributed by atoms with Gasteiger partial charge < -0.3 is 4.90 Å². The van der Waals surface area contributed by atoms with Crippen LogP contribution in [0, 0.1) is 0 Å². The molecule has 92 valence electrons. The van der Waals surface area contributed by atoms with E-state index >= 15 is 0 Å². The van der Waals surface area contributed by atoms with E-state index in [0.29, 0.717) is 6.04 Å². The molecule has 1 aromatic heterocycles. The molecule has 1 saturated heterocycles. The van der Waals surface area contributed by atoms with Crippen LogP contribution in [0.4, 0.5) is 0 Å². The number of hydrogen-bond acceptors (Lipinski definition) is 2. The predicted octanol–water partition coefficient (Wildman–Crippen LogP) is 2.86. The third-order valence-electron chi connectivity index (χ3n) is 3.67. The van der Waals surface area contributed by atoms with Crippen LogP contribution in [0.3, 0.4) is 0 Å². The van der Waals surface area contributed by atoms with Crippen molar-refractivity contribution < 1.29 is 4.79 Å². The van der Waals surface area contributed by atoms with Gasteiger partial charge >= 0.3 is 0 Å². The van der Waals surface area contributed by atoms with Crippen LogP contribution >= 0.6 is 0 Å². The van der Waals surface area contributed by atoms with Gasteiger partial charge in [-0.25, -0.2) is 0 Å². The van der Waals surface area contributed by atoms with Gasteiger partial charge in [0, 0.05) is 29.7 Å². The van der Waals surface area contributed by atoms with E-state index in [-0.39, 0.29) is 5.91 Å². The third kappa shape index (κ3) is 1.86. The van der Waals surface area contributed by atoms with E-state index < -0.39 is 0 Å². The number of hydrogen-bond donors (Lipinski definition) is 0. The normalized spacial score (nSPS) is 19.4. The molecular weight excluding hydrogens is 224 g/mol. The summed E-state index contributed by atoms with van der Waals surface area (Å²) in [7, 11) is 0. The maximum absolute atomic E-state index is 12.4. The summed E-state index contributed by atoms with van der Waals surface area (Å²) in [5.41, 5.74) is 1.63. The molecule has 0 bridgehead atoms. The summed E-state index contributed by atoms with van der Waals surface area (Å²) >= 11 is 0. The zero-order chi connectivity index (χ0) is 12.5. The molecule has 1 aromatic carbocycles. The highest BCUT2D eigenvalue weighted by molar-refractivity contribution is 5.98. The van der Waals surface area contributed by atoms with Gasteiger partial charge in [-0.3, -0.25) is 9.78 Å². The minimum absolute atomic E-state index is 0.132. The lowest BCUT2D eigenvalue weighted by Crippen LogP contribution is -2.33. The molecule has 1 fully saturated rings. The third-order valence-corrected chi connectivity index (χ3v) is 3.67. The molecule has 1 aliphatic rings. The first-order valence-electron chi connectivity index (χ1n) is 6.41. The highest BCUT2D eigenvalue weighted by Crippen LogP contribution is 2.21. The lowest BCUT2D eigenvalue weighted by molar-refractivity contribution is 0.0747. The van der Waals surface area contributed by atoms with E-state index in [1.165, 1.54) is 0 Å². The molecule has 0 saturated carbocycles. The smallest absolute Gasteiger partial charge is 0.254 e. The number of likely N-dealkylation sites (tertiary alicyclic amines) is 1. The van der Waals surface area contributed by atoms with Gasteiger partial charge in [0.25, 0.3) is 5.91 Å². The second kappa shape index (κ2) is 4.41. The maximum Gasteiger partial charge on any atom is 0.254 e. The first kappa shape index (κ1) is 11.2. The number of nitrogens with zero attached hydrogens (tertiary/aromatic N) is 2. The highest BCUT2D eigenvalue weighted by atomic mass is 16.2. The van der Waals surface area contributed by atoms with Crippen LogP contribution in [-0.4, -0.2) is 28.4 Å². The number of fused-ring (bicyclic) bond motifs is 1. The molecule has 0 spiro atoms. The second-order valence-electron chi connectivity index (χ2n) is 4.90. The fraction of sp³-hybridized carbons (Fsp3) is 0.333. The minimum atomic E-state index is 0.132. The van der Waals surface area contributed by atoms with Crippen molar-refractivity contribution in [1.29, 1.82) is 0 Å². The predicted molar refractivity (Wildman–Crippen MR) is 71.5 cm³/mol. The van der Waals surface area contributed by atoms with Gasteiger partial charge in [-0.05, 0) is 38.0 Å². The van der Waals surface area contributed by atoms with Gasteiger partial charge in [0.2, 0.25) is 0 Å². The van der Waals surface area contributed by atoms with E-state index in [0.717, 1.165) is 35.9 Å². The van der Waals surface area contributed by atoms with Crippen molar-refractivity contribution in [2.24, 2.45) is 0 Å². The molecule has 0 radical (unpaired) electrons. The molecule has 2 heterocycles. The molecule has 1 atom stereocenters. The van der Waals surface area contributed by atoms with Gasteiger partial charge in [-0.15, -0.1) is 0 Å². The molecule has 3 rings (SSSR count). The molecule has 3 nitrogen and oxygen atoms in total. The van der Waals surface area contributed by atoms with Crippen molar-refractivity contribution in [1.82, 2.24) is 9.88 Å². The van der Waals surface area contributed by atoms with Crippen molar-refractivity contribution in [2.75, 3.05) is 6.54 Å². The SMILES string of the molecule is CC1CCCN1C(=O)c1ccc2cccnc2c1. The Hall–Kier alpha value is -1.90. The molecule has 0 N–H and O–H groups in total. The summed E-state index contributed by atoms with van der Waals surface area (Å²) in [6.07, 6.45) is 3.98. The van der Waals surface area contributed by atoms with Gasteiger partial charge in [0.05, 0.1) is 5.52 Å².